The van der Waals surface area contributed by atoms with E-state index in [4.69, 9.17) is 9.47 Å². The van der Waals surface area contributed by atoms with Gasteiger partial charge in [-0.2, -0.15) is 12.8 Å². The van der Waals surface area contributed by atoms with Crippen LogP contribution in [0.15, 0.2) is 50.2 Å². The first-order chi connectivity index (χ1) is 10.9. The number of rotatable bonds is 5. The van der Waals surface area contributed by atoms with Crippen molar-refractivity contribution < 1.29 is 17.9 Å². The smallest absolute Gasteiger partial charge is 0.282 e. The molecule has 0 amide bonds. The zero-order valence-corrected chi connectivity index (χ0v) is 15.3. The van der Waals surface area contributed by atoms with Gasteiger partial charge in [-0.1, -0.05) is 17.7 Å². The minimum Gasteiger partial charge on any atom is -0.493 e. The fourth-order valence-corrected chi connectivity index (χ4v) is 3.35. The number of nitrogens with zero attached hydrogens (tertiary/aromatic N) is 1. The lowest BCUT2D eigenvalue weighted by atomic mass is 10.2. The van der Waals surface area contributed by atoms with E-state index in [0.717, 1.165) is 5.56 Å². The van der Waals surface area contributed by atoms with E-state index >= 15 is 0 Å². The van der Waals surface area contributed by atoms with Crippen molar-refractivity contribution >= 4 is 32.2 Å². The average molecular weight is 398 g/mol. The van der Waals surface area contributed by atoms with E-state index in [-0.39, 0.29) is 4.90 Å². The number of aryl methyl sites for hydroxylation is 1. The van der Waals surface area contributed by atoms with Crippen LogP contribution in [-0.4, -0.2) is 28.9 Å². The fourth-order valence-electron chi connectivity index (χ4n) is 1.90. The monoisotopic (exact) mass is 397 g/mol. The molecule has 0 aliphatic rings. The predicted octanol–water partition coefficient (Wildman–Crippen LogP) is 3.58. The maximum absolute atomic E-state index is 12.2. The van der Waals surface area contributed by atoms with Gasteiger partial charge in [-0.3, -0.25) is 0 Å². The lowest BCUT2D eigenvalue weighted by molar-refractivity contribution is 0.353. The Morgan fingerprint density at radius 2 is 1.70 bits per heavy atom. The summed E-state index contributed by atoms with van der Waals surface area (Å²) < 4.78 is 39.2. The molecule has 0 aromatic heterocycles. The highest BCUT2D eigenvalue weighted by Crippen LogP contribution is 2.36. The molecule has 0 radical (unpaired) electrons. The van der Waals surface area contributed by atoms with Crippen LogP contribution in [0, 0.1) is 6.92 Å². The lowest BCUT2D eigenvalue weighted by Crippen LogP contribution is -1.99. The van der Waals surface area contributed by atoms with Gasteiger partial charge in [0.2, 0.25) is 0 Å². The standard InChI is InChI=1S/C16H16BrNO4S/c1-11-4-7-13(8-5-11)23(19,20)18-10-12-6-9-14(21-2)16(22-3)15(12)17/h4-10H,1-3H3/b18-10-. The van der Waals surface area contributed by atoms with Crippen molar-refractivity contribution in [2.24, 2.45) is 4.40 Å². The molecular formula is C16H16BrNO4S. The molecule has 5 nitrogen and oxygen atoms in total. The van der Waals surface area contributed by atoms with Gasteiger partial charge in [-0.15, -0.1) is 0 Å². The van der Waals surface area contributed by atoms with Gasteiger partial charge in [-0.25, -0.2) is 0 Å². The van der Waals surface area contributed by atoms with Gasteiger partial charge in [-0.05, 0) is 47.1 Å². The Balaban J connectivity index is 2.38. The Kier molecular flexibility index (Phi) is 5.43. The van der Waals surface area contributed by atoms with E-state index in [0.29, 0.717) is 21.5 Å². The number of ether oxygens (including phenoxy) is 2. The topological polar surface area (TPSA) is 65.0 Å². The van der Waals surface area contributed by atoms with Gasteiger partial charge in [0.05, 0.1) is 23.6 Å². The molecule has 0 aliphatic heterocycles. The highest BCUT2D eigenvalue weighted by molar-refractivity contribution is 9.10. The second-order valence-electron chi connectivity index (χ2n) is 4.73. The normalized spacial score (nSPS) is 11.7. The van der Waals surface area contributed by atoms with Gasteiger partial charge < -0.3 is 9.47 Å². The average Bonchev–Trinajstić information content (AvgIpc) is 2.53. The maximum Gasteiger partial charge on any atom is 0.282 e. The molecule has 0 bridgehead atoms. The van der Waals surface area contributed by atoms with Gasteiger partial charge in [0, 0.05) is 11.8 Å². The summed E-state index contributed by atoms with van der Waals surface area (Å²) in [6.45, 7) is 1.89. The number of sulfonamides is 1. The fraction of sp³-hybridized carbons (Fsp3) is 0.188. The summed E-state index contributed by atoms with van der Waals surface area (Å²) in [5, 5.41) is 0. The van der Waals surface area contributed by atoms with Crippen LogP contribution in [0.3, 0.4) is 0 Å². The van der Waals surface area contributed by atoms with Crippen LogP contribution >= 0.6 is 15.9 Å². The Labute approximate surface area is 144 Å². The quantitative estimate of drug-likeness (QED) is 0.723. The first kappa shape index (κ1) is 17.5. The van der Waals surface area contributed by atoms with Crippen LogP contribution < -0.4 is 9.47 Å². The summed E-state index contributed by atoms with van der Waals surface area (Å²) in [5.41, 5.74) is 1.55. The number of hydrogen-bond donors (Lipinski definition) is 0. The van der Waals surface area contributed by atoms with E-state index < -0.39 is 10.0 Å². The van der Waals surface area contributed by atoms with Crippen LogP contribution in [0.25, 0.3) is 0 Å². The largest absolute Gasteiger partial charge is 0.493 e. The van der Waals surface area contributed by atoms with E-state index in [2.05, 4.69) is 20.3 Å². The minimum absolute atomic E-state index is 0.149. The Bertz CT molecular complexity index is 830. The molecule has 0 fully saturated rings. The molecule has 0 unspecified atom stereocenters. The van der Waals surface area contributed by atoms with Gasteiger partial charge in [0.1, 0.15) is 0 Å². The molecule has 0 aliphatic carbocycles. The summed E-state index contributed by atoms with van der Waals surface area (Å²) >= 11 is 3.38. The van der Waals surface area contributed by atoms with E-state index in [9.17, 15) is 8.42 Å². The molecule has 2 aromatic rings. The van der Waals surface area contributed by atoms with Crippen molar-refractivity contribution in [1.29, 1.82) is 0 Å². The van der Waals surface area contributed by atoms with E-state index in [1.54, 1.807) is 24.3 Å². The van der Waals surface area contributed by atoms with Crippen molar-refractivity contribution in [2.75, 3.05) is 14.2 Å². The summed E-state index contributed by atoms with van der Waals surface area (Å²) in [5.74, 6) is 1.02. The van der Waals surface area contributed by atoms with Gasteiger partial charge in [0.15, 0.2) is 11.5 Å². The summed E-state index contributed by atoms with van der Waals surface area (Å²) in [7, 11) is -0.716. The van der Waals surface area contributed by atoms with Crippen LogP contribution in [0.5, 0.6) is 11.5 Å². The SMILES string of the molecule is COc1ccc(/C=N\S(=O)(=O)c2ccc(C)cc2)c(Br)c1OC. The zero-order valence-electron chi connectivity index (χ0n) is 12.9. The van der Waals surface area contributed by atoms with Crippen LogP contribution in [0.2, 0.25) is 0 Å². The molecule has 7 heteroatoms. The highest BCUT2D eigenvalue weighted by atomic mass is 79.9. The number of halogens is 1. The predicted molar refractivity (Wildman–Crippen MR) is 93.2 cm³/mol. The van der Waals surface area contributed by atoms with Crippen molar-refractivity contribution in [1.82, 2.24) is 0 Å². The first-order valence-electron chi connectivity index (χ1n) is 6.66. The molecule has 2 rings (SSSR count). The summed E-state index contributed by atoms with van der Waals surface area (Å²) in [4.78, 5) is 0.149. The van der Waals surface area contributed by atoms with Crippen LogP contribution in [0.1, 0.15) is 11.1 Å². The molecule has 0 atom stereocenters. The molecule has 0 spiro atoms. The summed E-state index contributed by atoms with van der Waals surface area (Å²) in [6, 6.07) is 9.91. The Hall–Kier alpha value is -1.86. The van der Waals surface area contributed by atoms with Crippen molar-refractivity contribution in [3.8, 4) is 11.5 Å². The lowest BCUT2D eigenvalue weighted by Gasteiger charge is -2.10. The molecule has 122 valence electrons. The number of hydrogen-bond acceptors (Lipinski definition) is 4. The van der Waals surface area contributed by atoms with Crippen molar-refractivity contribution in [2.45, 2.75) is 11.8 Å². The van der Waals surface area contributed by atoms with Gasteiger partial charge >= 0.3 is 0 Å². The first-order valence-corrected chi connectivity index (χ1v) is 8.90. The molecule has 0 heterocycles. The van der Waals surface area contributed by atoms with E-state index in [1.807, 2.05) is 6.92 Å². The Morgan fingerprint density at radius 1 is 1.04 bits per heavy atom. The van der Waals surface area contributed by atoms with Crippen molar-refractivity contribution in [3.05, 3.63) is 52.0 Å². The molecule has 23 heavy (non-hydrogen) atoms. The Morgan fingerprint density at radius 3 is 2.26 bits per heavy atom. The third-order valence-corrected chi connectivity index (χ3v) is 5.23. The highest BCUT2D eigenvalue weighted by Gasteiger charge is 2.14. The molecule has 0 N–H and O–H groups in total. The van der Waals surface area contributed by atoms with Crippen LogP contribution in [-0.2, 0) is 10.0 Å². The third kappa shape index (κ3) is 3.92. The maximum atomic E-state index is 12.2. The number of methoxy groups -OCH3 is 2. The third-order valence-electron chi connectivity index (χ3n) is 3.16. The second-order valence-corrected chi connectivity index (χ2v) is 7.15. The molecule has 2 aromatic carbocycles. The zero-order chi connectivity index (χ0) is 17.0. The van der Waals surface area contributed by atoms with Gasteiger partial charge in [0.25, 0.3) is 10.0 Å². The van der Waals surface area contributed by atoms with Crippen molar-refractivity contribution in [3.63, 3.8) is 0 Å². The summed E-state index contributed by atoms with van der Waals surface area (Å²) in [6.07, 6.45) is 1.28. The molecular weight excluding hydrogens is 382 g/mol. The second kappa shape index (κ2) is 7.14. The minimum atomic E-state index is -3.75. The number of benzene rings is 2. The molecule has 0 saturated heterocycles. The molecule has 0 saturated carbocycles. The van der Waals surface area contributed by atoms with Crippen LogP contribution in [0.4, 0.5) is 0 Å². The van der Waals surface area contributed by atoms with E-state index in [1.165, 1.54) is 32.6 Å².